The van der Waals surface area contributed by atoms with Crippen LogP contribution >= 0.6 is 0 Å². The van der Waals surface area contributed by atoms with Crippen LogP contribution in [0.5, 0.6) is 0 Å². The number of carbonyl (C=O) groups is 1. The van der Waals surface area contributed by atoms with Crippen LogP contribution in [0.25, 0.3) is 0 Å². The van der Waals surface area contributed by atoms with Gasteiger partial charge in [-0.3, -0.25) is 5.01 Å². The molecule has 0 unspecified atom stereocenters. The molecule has 0 bridgehead atoms. The van der Waals surface area contributed by atoms with E-state index in [1.807, 2.05) is 43.4 Å². The first-order valence-electron chi connectivity index (χ1n) is 12.4. The van der Waals surface area contributed by atoms with Crippen LogP contribution in [-0.4, -0.2) is 55.0 Å². The summed E-state index contributed by atoms with van der Waals surface area (Å²) in [6.45, 7) is 1.64. The van der Waals surface area contributed by atoms with E-state index in [0.29, 0.717) is 18.5 Å². The number of rotatable bonds is 9. The molecule has 0 radical (unpaired) electrons. The number of hydrogen-bond acceptors (Lipinski definition) is 6. The molecule has 1 fully saturated rings. The number of aryl methyl sites for hydroxylation is 1. The Labute approximate surface area is 206 Å². The van der Waals surface area contributed by atoms with E-state index in [1.54, 1.807) is 5.01 Å². The standard InChI is InChI=1S/C26H36FN7O/c1-33(16-6-7-19-12-14-22(27)15-13-19)24-11-4-3-8-21(24)18-28-26(35)29-23-10-5-9-20(17-23)25-30-31-32-34(25)2/h5,9-10,12-15,17,21,24,31-32H,3-4,6-8,11,16,18H2,1-2H3,(H2,28,29,35)/t21-,24+/m0/s1. The van der Waals surface area contributed by atoms with Crippen molar-refractivity contribution in [3.05, 3.63) is 65.5 Å². The van der Waals surface area contributed by atoms with E-state index in [-0.39, 0.29) is 11.8 Å². The molecule has 2 aromatic rings. The van der Waals surface area contributed by atoms with Gasteiger partial charge in [0.15, 0.2) is 5.84 Å². The Kier molecular flexibility index (Phi) is 8.54. The highest BCUT2D eigenvalue weighted by atomic mass is 19.1. The van der Waals surface area contributed by atoms with Crippen LogP contribution in [0.15, 0.2) is 53.6 Å². The third-order valence-electron chi connectivity index (χ3n) is 6.93. The van der Waals surface area contributed by atoms with E-state index < -0.39 is 0 Å². The van der Waals surface area contributed by atoms with E-state index in [9.17, 15) is 9.18 Å². The Morgan fingerprint density at radius 3 is 2.77 bits per heavy atom. The lowest BCUT2D eigenvalue weighted by Gasteiger charge is -2.38. The van der Waals surface area contributed by atoms with Gasteiger partial charge in [-0.25, -0.2) is 14.7 Å². The molecule has 2 atom stereocenters. The molecule has 4 N–H and O–H groups in total. The summed E-state index contributed by atoms with van der Waals surface area (Å²) in [6.07, 6.45) is 6.67. The van der Waals surface area contributed by atoms with Crippen molar-refractivity contribution in [1.82, 2.24) is 26.3 Å². The first-order valence-corrected chi connectivity index (χ1v) is 12.4. The lowest BCUT2D eigenvalue weighted by atomic mass is 9.83. The maximum absolute atomic E-state index is 13.1. The molecular weight excluding hydrogens is 445 g/mol. The molecule has 8 nitrogen and oxygen atoms in total. The quantitative estimate of drug-likeness (QED) is 0.439. The minimum Gasteiger partial charge on any atom is -0.338 e. The number of hydrogen-bond donors (Lipinski definition) is 4. The van der Waals surface area contributed by atoms with Gasteiger partial charge in [0.2, 0.25) is 0 Å². The Morgan fingerprint density at radius 2 is 2.00 bits per heavy atom. The molecule has 1 aliphatic carbocycles. The molecule has 0 saturated heterocycles. The van der Waals surface area contributed by atoms with Crippen molar-refractivity contribution in [3.8, 4) is 0 Å². The molecule has 0 aromatic heterocycles. The third kappa shape index (κ3) is 6.93. The Morgan fingerprint density at radius 1 is 1.20 bits per heavy atom. The topological polar surface area (TPSA) is 84.0 Å². The summed E-state index contributed by atoms with van der Waals surface area (Å²) in [5.74, 6) is 0.988. The summed E-state index contributed by atoms with van der Waals surface area (Å²) >= 11 is 0. The molecule has 35 heavy (non-hydrogen) atoms. The summed E-state index contributed by atoms with van der Waals surface area (Å²) in [7, 11) is 4.05. The van der Waals surface area contributed by atoms with Crippen LogP contribution in [0.3, 0.4) is 0 Å². The number of amides is 2. The maximum Gasteiger partial charge on any atom is 0.319 e. The molecular formula is C26H36FN7O. The Hall–Kier alpha value is -3.17. The van der Waals surface area contributed by atoms with Gasteiger partial charge in [-0.2, -0.15) is 0 Å². The van der Waals surface area contributed by atoms with Crippen molar-refractivity contribution in [2.24, 2.45) is 11.0 Å². The minimum atomic E-state index is -0.191. The maximum atomic E-state index is 13.1. The number of nitrogens with zero attached hydrogens (tertiary/aromatic N) is 3. The number of nitrogens with one attached hydrogen (secondary N) is 4. The van der Waals surface area contributed by atoms with Gasteiger partial charge >= 0.3 is 6.03 Å². The highest BCUT2D eigenvalue weighted by Crippen LogP contribution is 2.28. The Bertz CT molecular complexity index is 1010. The van der Waals surface area contributed by atoms with Gasteiger partial charge in [0.05, 0.1) is 0 Å². The highest BCUT2D eigenvalue weighted by Gasteiger charge is 2.28. The van der Waals surface area contributed by atoms with Crippen LogP contribution in [0.2, 0.25) is 0 Å². The van der Waals surface area contributed by atoms with E-state index in [4.69, 9.17) is 0 Å². The first-order chi connectivity index (χ1) is 17.0. The number of halogens is 1. The van der Waals surface area contributed by atoms with Crippen molar-refractivity contribution in [2.75, 3.05) is 32.5 Å². The van der Waals surface area contributed by atoms with Crippen molar-refractivity contribution in [3.63, 3.8) is 0 Å². The number of urea groups is 1. The number of anilines is 1. The summed E-state index contributed by atoms with van der Waals surface area (Å²) in [5.41, 5.74) is 8.40. The van der Waals surface area contributed by atoms with Gasteiger partial charge in [0, 0.05) is 30.9 Å². The number of benzene rings is 2. The van der Waals surface area contributed by atoms with Gasteiger partial charge in [0.25, 0.3) is 0 Å². The van der Waals surface area contributed by atoms with Crippen LogP contribution in [-0.2, 0) is 6.42 Å². The SMILES string of the molecule is CN1NNN=C1c1cccc(NC(=O)NC[C@@H]2CCCC[C@H]2N(C)CCCc2ccc(F)cc2)c1. The zero-order valence-corrected chi connectivity index (χ0v) is 20.6. The van der Waals surface area contributed by atoms with Gasteiger partial charge in [-0.05, 0) is 75.0 Å². The number of hydrazine groups is 2. The average molecular weight is 482 g/mol. The predicted molar refractivity (Wildman–Crippen MR) is 137 cm³/mol. The van der Waals surface area contributed by atoms with Crippen LogP contribution in [0.1, 0.15) is 43.2 Å². The molecule has 2 amide bonds. The first kappa shape index (κ1) is 24.9. The molecule has 188 valence electrons. The van der Waals surface area contributed by atoms with Gasteiger partial charge in [-0.1, -0.05) is 37.1 Å². The van der Waals surface area contributed by atoms with E-state index in [0.717, 1.165) is 49.3 Å². The second-order valence-electron chi connectivity index (χ2n) is 9.46. The molecule has 9 heteroatoms. The fraction of sp³-hybridized carbons (Fsp3) is 0.462. The van der Waals surface area contributed by atoms with Gasteiger partial charge in [0.1, 0.15) is 5.82 Å². The monoisotopic (exact) mass is 481 g/mol. The Balaban J connectivity index is 1.25. The van der Waals surface area contributed by atoms with Crippen LogP contribution in [0, 0.1) is 11.7 Å². The largest absolute Gasteiger partial charge is 0.338 e. The zero-order chi connectivity index (χ0) is 24.6. The minimum absolute atomic E-state index is 0.189. The molecule has 2 aliphatic rings. The highest BCUT2D eigenvalue weighted by molar-refractivity contribution is 6.00. The van der Waals surface area contributed by atoms with E-state index in [2.05, 4.69) is 38.8 Å². The second-order valence-corrected chi connectivity index (χ2v) is 9.46. The van der Waals surface area contributed by atoms with Crippen LogP contribution in [0.4, 0.5) is 14.9 Å². The molecule has 0 spiro atoms. The van der Waals surface area contributed by atoms with Crippen LogP contribution < -0.4 is 21.7 Å². The van der Waals surface area contributed by atoms with Crippen molar-refractivity contribution < 1.29 is 9.18 Å². The molecule has 1 aliphatic heterocycles. The fourth-order valence-electron chi connectivity index (χ4n) is 5.03. The summed E-state index contributed by atoms with van der Waals surface area (Å²) < 4.78 is 13.1. The molecule has 1 saturated carbocycles. The molecule has 4 rings (SSSR count). The summed E-state index contributed by atoms with van der Waals surface area (Å²) in [6, 6.07) is 14.7. The summed E-state index contributed by atoms with van der Waals surface area (Å²) in [4.78, 5) is 15.1. The molecule has 1 heterocycles. The number of hydrazone groups is 1. The number of carbonyl (C=O) groups excluding carboxylic acids is 1. The smallest absolute Gasteiger partial charge is 0.319 e. The third-order valence-corrected chi connectivity index (χ3v) is 6.93. The van der Waals surface area contributed by atoms with E-state index in [1.165, 1.54) is 30.5 Å². The van der Waals surface area contributed by atoms with Crippen molar-refractivity contribution >= 4 is 17.6 Å². The molecule has 2 aromatic carbocycles. The van der Waals surface area contributed by atoms with Gasteiger partial charge in [-0.15, -0.1) is 10.6 Å². The number of amidine groups is 1. The zero-order valence-electron chi connectivity index (χ0n) is 20.6. The lowest BCUT2D eigenvalue weighted by molar-refractivity contribution is 0.128. The summed E-state index contributed by atoms with van der Waals surface area (Å²) in [5, 5.41) is 12.0. The second kappa shape index (κ2) is 12.0. The van der Waals surface area contributed by atoms with Gasteiger partial charge < -0.3 is 15.5 Å². The van der Waals surface area contributed by atoms with E-state index >= 15 is 0 Å². The lowest BCUT2D eigenvalue weighted by Crippen LogP contribution is -2.46. The normalized spacial score (nSPS) is 19.9. The average Bonchev–Trinajstić information content (AvgIpc) is 3.30. The fourth-order valence-corrected chi connectivity index (χ4v) is 5.03. The van der Waals surface area contributed by atoms with Crippen molar-refractivity contribution in [1.29, 1.82) is 0 Å². The predicted octanol–water partition coefficient (Wildman–Crippen LogP) is 3.69. The van der Waals surface area contributed by atoms with Crippen molar-refractivity contribution in [2.45, 2.75) is 44.6 Å².